The third-order valence-corrected chi connectivity index (χ3v) is 11.8. The summed E-state index contributed by atoms with van der Waals surface area (Å²) >= 11 is 0. The molecule has 0 fully saturated rings. The molecule has 62 heavy (non-hydrogen) atoms. The zero-order valence-electron chi connectivity index (χ0n) is 34.5. The van der Waals surface area contributed by atoms with Gasteiger partial charge >= 0.3 is 0 Å². The van der Waals surface area contributed by atoms with Gasteiger partial charge in [-0.25, -0.2) is 0 Å². The van der Waals surface area contributed by atoms with Crippen molar-refractivity contribution in [3.63, 3.8) is 0 Å². The fourth-order valence-corrected chi connectivity index (χ4v) is 8.91. The Morgan fingerprint density at radius 2 is 0.758 bits per heavy atom. The number of methoxy groups -OCH3 is 4. The average Bonchev–Trinajstić information content (AvgIpc) is 3.87. The maximum absolute atomic E-state index is 6.84. The van der Waals surface area contributed by atoms with E-state index in [4.69, 9.17) is 27.8 Å². The van der Waals surface area contributed by atoms with Crippen molar-refractivity contribution >= 4 is 99.5 Å². The van der Waals surface area contributed by atoms with Crippen LogP contribution in [-0.4, -0.2) is 28.4 Å². The van der Waals surface area contributed by atoms with Gasteiger partial charge in [-0.2, -0.15) is 0 Å². The van der Waals surface area contributed by atoms with Crippen molar-refractivity contribution in [3.8, 4) is 23.0 Å². The number of para-hydroxylation sites is 8. The summed E-state index contributed by atoms with van der Waals surface area (Å²) < 4.78 is 36.9. The molecule has 0 saturated carbocycles. The minimum Gasteiger partial charge on any atom is -0.495 e. The molecular weight excluding hydrogens is 773 g/mol. The molecule has 0 saturated heterocycles. The van der Waals surface area contributed by atoms with E-state index in [2.05, 4.69) is 107 Å². The molecule has 0 aliphatic heterocycles. The van der Waals surface area contributed by atoms with Gasteiger partial charge in [-0.3, -0.25) is 0 Å². The van der Waals surface area contributed by atoms with Gasteiger partial charge in [-0.05, 0) is 131 Å². The second-order valence-electron chi connectivity index (χ2n) is 15.1. The molecule has 0 radical (unpaired) electrons. The quantitative estimate of drug-likeness (QED) is 0.135. The Balaban J connectivity index is 1.05. The highest BCUT2D eigenvalue weighted by Crippen LogP contribution is 2.48. The maximum atomic E-state index is 6.84. The Labute approximate surface area is 357 Å². The van der Waals surface area contributed by atoms with Gasteiger partial charge in [-0.1, -0.05) is 60.7 Å². The highest BCUT2D eigenvalue weighted by molar-refractivity contribution is 6.24. The van der Waals surface area contributed by atoms with E-state index in [1.165, 1.54) is 0 Å². The van der Waals surface area contributed by atoms with Crippen LogP contribution in [0.2, 0.25) is 0 Å². The summed E-state index contributed by atoms with van der Waals surface area (Å²) in [7, 11) is 6.77. The molecule has 0 atom stereocenters. The lowest BCUT2D eigenvalue weighted by atomic mass is 10.0. The fourth-order valence-electron chi connectivity index (χ4n) is 8.91. The van der Waals surface area contributed by atoms with Gasteiger partial charge < -0.3 is 37.6 Å². The number of hydrogen-bond acceptors (Lipinski definition) is 8. The molecule has 0 N–H and O–H groups in total. The third-order valence-electron chi connectivity index (χ3n) is 11.8. The van der Waals surface area contributed by atoms with Gasteiger partial charge in [0.2, 0.25) is 0 Å². The van der Waals surface area contributed by atoms with Crippen LogP contribution in [0.5, 0.6) is 23.0 Å². The molecule has 9 aromatic carbocycles. The predicted molar refractivity (Wildman–Crippen MR) is 252 cm³/mol. The predicted octanol–water partition coefficient (Wildman–Crippen LogP) is 14.8. The molecule has 0 aliphatic carbocycles. The van der Waals surface area contributed by atoms with E-state index in [0.29, 0.717) is 0 Å². The first-order valence-electron chi connectivity index (χ1n) is 20.4. The molecular formula is C54H40N2O6. The van der Waals surface area contributed by atoms with Gasteiger partial charge in [0, 0.05) is 27.5 Å². The van der Waals surface area contributed by atoms with Crippen molar-refractivity contribution < 1.29 is 27.8 Å². The Kier molecular flexibility index (Phi) is 8.86. The van der Waals surface area contributed by atoms with E-state index in [9.17, 15) is 0 Å². The van der Waals surface area contributed by atoms with Crippen molar-refractivity contribution in [2.24, 2.45) is 0 Å². The van der Waals surface area contributed by atoms with E-state index in [1.54, 1.807) is 28.4 Å². The number of ether oxygens (including phenoxy) is 4. The van der Waals surface area contributed by atoms with Crippen LogP contribution >= 0.6 is 0 Å². The summed E-state index contributed by atoms with van der Waals surface area (Å²) in [5.41, 5.74) is 8.62. The van der Waals surface area contributed by atoms with Crippen LogP contribution in [0, 0.1) is 0 Å². The molecule has 8 nitrogen and oxygen atoms in total. The largest absolute Gasteiger partial charge is 0.495 e. The second kappa shape index (κ2) is 14.9. The molecule has 11 aromatic rings. The number of hydrogen-bond donors (Lipinski definition) is 0. The SMILES string of the molecule is COc1ccccc1N(c1ccc2cc3c(cc2c1)oc1c3ccc2oc3cc4cc(N(c5ccccc5OC)c5ccccc5OC)ccc4cc3c21)c1ccccc1OC. The first-order valence-corrected chi connectivity index (χ1v) is 20.4. The molecule has 0 bridgehead atoms. The minimum absolute atomic E-state index is 0.747. The molecule has 0 amide bonds. The van der Waals surface area contributed by atoms with Crippen LogP contribution in [0.25, 0.3) is 65.4 Å². The Morgan fingerprint density at radius 1 is 0.339 bits per heavy atom. The van der Waals surface area contributed by atoms with Gasteiger partial charge in [0.05, 0.1) is 56.6 Å². The molecule has 0 aliphatic rings. The lowest BCUT2D eigenvalue weighted by molar-refractivity contribution is 0.412. The lowest BCUT2D eigenvalue weighted by Gasteiger charge is -2.28. The van der Waals surface area contributed by atoms with E-state index < -0.39 is 0 Å². The zero-order chi connectivity index (χ0) is 41.9. The highest BCUT2D eigenvalue weighted by atomic mass is 16.5. The van der Waals surface area contributed by atoms with E-state index >= 15 is 0 Å². The Bertz CT molecular complexity index is 3420. The topological polar surface area (TPSA) is 69.7 Å². The number of benzene rings is 9. The summed E-state index contributed by atoms with van der Waals surface area (Å²) in [4.78, 5) is 4.34. The summed E-state index contributed by atoms with van der Waals surface area (Å²) in [5.74, 6) is 2.99. The van der Waals surface area contributed by atoms with Gasteiger partial charge in [0.25, 0.3) is 0 Å². The molecule has 2 heterocycles. The summed E-state index contributed by atoms with van der Waals surface area (Å²) in [6, 6.07) is 57.8. The van der Waals surface area contributed by atoms with Crippen molar-refractivity contribution in [2.75, 3.05) is 38.2 Å². The lowest BCUT2D eigenvalue weighted by Crippen LogP contribution is -2.12. The Hall–Kier alpha value is -8.10. The number of rotatable bonds is 10. The number of furan rings is 2. The van der Waals surface area contributed by atoms with E-state index in [0.717, 1.165) is 123 Å². The van der Waals surface area contributed by atoms with E-state index in [1.807, 2.05) is 72.8 Å². The number of fused-ring (bicyclic) bond motifs is 9. The monoisotopic (exact) mass is 812 g/mol. The van der Waals surface area contributed by atoms with Crippen LogP contribution in [0.1, 0.15) is 0 Å². The molecule has 0 unspecified atom stereocenters. The Morgan fingerprint density at radius 3 is 1.21 bits per heavy atom. The molecule has 8 heteroatoms. The summed E-state index contributed by atoms with van der Waals surface area (Å²) in [6.07, 6.45) is 0. The van der Waals surface area contributed by atoms with Crippen molar-refractivity contribution in [3.05, 3.63) is 170 Å². The van der Waals surface area contributed by atoms with E-state index in [-0.39, 0.29) is 0 Å². The van der Waals surface area contributed by atoms with Crippen molar-refractivity contribution in [1.29, 1.82) is 0 Å². The van der Waals surface area contributed by atoms with Crippen LogP contribution < -0.4 is 28.7 Å². The number of anilines is 6. The maximum Gasteiger partial charge on any atom is 0.147 e. The first kappa shape index (κ1) is 36.9. The third kappa shape index (κ3) is 5.91. The van der Waals surface area contributed by atoms with Crippen LogP contribution in [0.15, 0.2) is 179 Å². The standard InChI is InChI=1S/C54H40N2O6/c1-57-46-17-9-5-13-42(46)55(43-14-6-10-18-47(43)58-2)37-23-21-33-29-40-39-25-26-50-53(54(39)62-51(40)31-35(33)27-37)41-30-34-22-24-38(28-36(34)32-52(41)61-50)56(44-15-7-11-19-48(44)59-3)45-16-8-12-20-49(45)60-4/h5-32H,1-4H3. The smallest absolute Gasteiger partial charge is 0.147 e. The second-order valence-corrected chi connectivity index (χ2v) is 15.1. The van der Waals surface area contributed by atoms with Gasteiger partial charge in [0.15, 0.2) is 0 Å². The van der Waals surface area contributed by atoms with Crippen molar-refractivity contribution in [2.45, 2.75) is 0 Å². The summed E-state index contributed by atoms with van der Waals surface area (Å²) in [5, 5.41) is 8.26. The van der Waals surface area contributed by atoms with Crippen LogP contribution in [0.4, 0.5) is 34.1 Å². The zero-order valence-corrected chi connectivity index (χ0v) is 34.5. The number of nitrogens with zero attached hydrogens (tertiary/aromatic N) is 2. The average molecular weight is 813 g/mol. The molecule has 2 aromatic heterocycles. The van der Waals surface area contributed by atoms with Crippen molar-refractivity contribution in [1.82, 2.24) is 0 Å². The molecule has 302 valence electrons. The highest BCUT2D eigenvalue weighted by Gasteiger charge is 2.23. The van der Waals surface area contributed by atoms with Gasteiger partial charge in [-0.15, -0.1) is 0 Å². The van der Waals surface area contributed by atoms with Gasteiger partial charge in [0.1, 0.15) is 45.3 Å². The van der Waals surface area contributed by atoms with Crippen LogP contribution in [-0.2, 0) is 0 Å². The summed E-state index contributed by atoms with van der Waals surface area (Å²) in [6.45, 7) is 0. The molecule has 0 spiro atoms. The normalized spacial score (nSPS) is 11.5. The molecule has 11 rings (SSSR count). The first-order chi connectivity index (χ1) is 30.5. The fraction of sp³-hybridized carbons (Fsp3) is 0.0741. The minimum atomic E-state index is 0.747. The van der Waals surface area contributed by atoms with Crippen LogP contribution in [0.3, 0.4) is 0 Å².